The Morgan fingerprint density at radius 3 is 2.23 bits per heavy atom. The van der Waals surface area contributed by atoms with Crippen molar-refractivity contribution in [2.75, 3.05) is 11.5 Å². The molecular weight excluding hydrogens is 208 g/mol. The van der Waals surface area contributed by atoms with Crippen molar-refractivity contribution in [2.45, 2.75) is 31.1 Å². The molecule has 2 nitrogen and oxygen atoms in total. The number of sulfone groups is 1. The van der Waals surface area contributed by atoms with Crippen LogP contribution in [0.25, 0.3) is 0 Å². The van der Waals surface area contributed by atoms with Gasteiger partial charge in [0.2, 0.25) is 0 Å². The largest absolute Gasteiger partial charge is 0.229 e. The quantitative estimate of drug-likeness (QED) is 0.668. The third-order valence-electron chi connectivity index (χ3n) is 3.32. The fourth-order valence-corrected chi connectivity index (χ4v) is 4.65. The van der Waals surface area contributed by atoms with Crippen LogP contribution in [0.1, 0.15) is 25.7 Å². The predicted molar refractivity (Wildman–Crippen MR) is 53.7 cm³/mol. The van der Waals surface area contributed by atoms with Gasteiger partial charge in [-0.25, -0.2) is 8.42 Å². The Hall–Kier alpha value is 0.240. The van der Waals surface area contributed by atoms with Crippen molar-refractivity contribution in [3.8, 4) is 0 Å². The van der Waals surface area contributed by atoms with E-state index < -0.39 is 9.84 Å². The van der Waals surface area contributed by atoms with Gasteiger partial charge >= 0.3 is 0 Å². The maximum atomic E-state index is 11.2. The molecule has 4 heteroatoms. The normalized spacial score (nSPS) is 35.6. The molecule has 2 unspecified atom stereocenters. The molecule has 13 heavy (non-hydrogen) atoms. The highest BCUT2D eigenvalue weighted by Gasteiger charge is 2.38. The zero-order valence-corrected chi connectivity index (χ0v) is 9.15. The molecular formula is C9H15ClO2S. The number of rotatable bonds is 2. The van der Waals surface area contributed by atoms with Crippen LogP contribution in [-0.2, 0) is 9.84 Å². The maximum absolute atomic E-state index is 11.2. The van der Waals surface area contributed by atoms with Crippen LogP contribution in [0, 0.1) is 11.8 Å². The van der Waals surface area contributed by atoms with Gasteiger partial charge in [0.05, 0.1) is 11.5 Å². The summed E-state index contributed by atoms with van der Waals surface area (Å²) in [6, 6.07) is 0. The van der Waals surface area contributed by atoms with Gasteiger partial charge in [0.15, 0.2) is 9.84 Å². The Bertz CT molecular complexity index is 282. The average molecular weight is 223 g/mol. The van der Waals surface area contributed by atoms with Gasteiger partial charge in [-0.1, -0.05) is 6.42 Å². The fraction of sp³-hybridized carbons (Fsp3) is 1.00. The monoisotopic (exact) mass is 222 g/mol. The SMILES string of the molecule is O=S1(=O)CCC(C(Cl)C2CCC2)C1. The standard InChI is InChI=1S/C9H15ClO2S/c10-9(7-2-1-3-7)8-4-5-13(11,12)6-8/h7-9H,1-6H2. The Morgan fingerprint density at radius 1 is 1.15 bits per heavy atom. The van der Waals surface area contributed by atoms with Gasteiger partial charge in [-0.05, 0) is 31.1 Å². The first-order valence-electron chi connectivity index (χ1n) is 4.93. The van der Waals surface area contributed by atoms with Gasteiger partial charge < -0.3 is 0 Å². The van der Waals surface area contributed by atoms with Crippen LogP contribution in [-0.4, -0.2) is 25.3 Å². The van der Waals surface area contributed by atoms with Crippen molar-refractivity contribution >= 4 is 21.4 Å². The minimum atomic E-state index is -2.74. The van der Waals surface area contributed by atoms with E-state index in [1.54, 1.807) is 0 Å². The smallest absolute Gasteiger partial charge is 0.150 e. The highest BCUT2D eigenvalue weighted by Crippen LogP contribution is 2.39. The summed E-state index contributed by atoms with van der Waals surface area (Å²) in [5, 5.41) is 0.117. The first-order valence-corrected chi connectivity index (χ1v) is 7.19. The van der Waals surface area contributed by atoms with Crippen molar-refractivity contribution in [3.05, 3.63) is 0 Å². The molecule has 0 aromatic rings. The summed E-state index contributed by atoms with van der Waals surface area (Å²) < 4.78 is 22.4. The molecule has 1 aliphatic carbocycles. The highest BCUT2D eigenvalue weighted by molar-refractivity contribution is 7.91. The maximum Gasteiger partial charge on any atom is 0.150 e. The summed E-state index contributed by atoms with van der Waals surface area (Å²) in [4.78, 5) is 0. The molecule has 0 amide bonds. The van der Waals surface area contributed by atoms with Crippen LogP contribution in [0.5, 0.6) is 0 Å². The summed E-state index contributed by atoms with van der Waals surface area (Å²) in [5.74, 6) is 1.52. The van der Waals surface area contributed by atoms with E-state index in [-0.39, 0.29) is 11.3 Å². The predicted octanol–water partition coefficient (Wildman–Crippen LogP) is 1.83. The second-order valence-corrected chi connectivity index (χ2v) is 7.03. The van der Waals surface area contributed by atoms with E-state index in [4.69, 9.17) is 11.6 Å². The lowest BCUT2D eigenvalue weighted by atomic mass is 9.78. The molecule has 0 bridgehead atoms. The molecule has 2 aliphatic rings. The molecule has 0 aromatic carbocycles. The van der Waals surface area contributed by atoms with Gasteiger partial charge in [-0.2, -0.15) is 0 Å². The first kappa shape index (κ1) is 9.78. The van der Waals surface area contributed by atoms with Crippen LogP contribution >= 0.6 is 11.6 Å². The molecule has 1 aliphatic heterocycles. The molecule has 0 aromatic heterocycles. The summed E-state index contributed by atoms with van der Waals surface area (Å²) in [6.07, 6.45) is 4.45. The van der Waals surface area contributed by atoms with Crippen LogP contribution in [0.3, 0.4) is 0 Å². The number of hydrogen-bond donors (Lipinski definition) is 0. The van der Waals surface area contributed by atoms with Gasteiger partial charge in [0, 0.05) is 5.38 Å². The number of halogens is 1. The molecule has 0 radical (unpaired) electrons. The van der Waals surface area contributed by atoms with Gasteiger partial charge in [0.1, 0.15) is 0 Å². The molecule has 76 valence electrons. The van der Waals surface area contributed by atoms with Crippen molar-refractivity contribution < 1.29 is 8.42 Å². The van der Waals surface area contributed by atoms with E-state index in [2.05, 4.69) is 0 Å². The average Bonchev–Trinajstić information content (AvgIpc) is 2.26. The van der Waals surface area contributed by atoms with Gasteiger partial charge in [-0.15, -0.1) is 11.6 Å². The second-order valence-electron chi connectivity index (χ2n) is 4.30. The van der Waals surface area contributed by atoms with Gasteiger partial charge in [0.25, 0.3) is 0 Å². The van der Waals surface area contributed by atoms with Crippen molar-refractivity contribution in [1.29, 1.82) is 0 Å². The lowest BCUT2D eigenvalue weighted by Crippen LogP contribution is -2.29. The third-order valence-corrected chi connectivity index (χ3v) is 5.82. The molecule has 0 spiro atoms. The summed E-state index contributed by atoms with van der Waals surface area (Å²) in [5.41, 5.74) is 0. The van der Waals surface area contributed by atoms with Crippen LogP contribution < -0.4 is 0 Å². The summed E-state index contributed by atoms with van der Waals surface area (Å²) >= 11 is 6.25. The minimum absolute atomic E-state index is 0.117. The van der Waals surface area contributed by atoms with Crippen molar-refractivity contribution in [2.24, 2.45) is 11.8 Å². The number of alkyl halides is 1. The topological polar surface area (TPSA) is 34.1 Å². The lowest BCUT2D eigenvalue weighted by Gasteiger charge is -2.32. The van der Waals surface area contributed by atoms with E-state index in [1.807, 2.05) is 0 Å². The highest BCUT2D eigenvalue weighted by atomic mass is 35.5. The fourth-order valence-electron chi connectivity index (χ4n) is 2.22. The van der Waals surface area contributed by atoms with Crippen LogP contribution in [0.4, 0.5) is 0 Å². The molecule has 2 atom stereocenters. The zero-order valence-electron chi connectivity index (χ0n) is 7.58. The number of hydrogen-bond acceptors (Lipinski definition) is 2. The minimum Gasteiger partial charge on any atom is -0.229 e. The van der Waals surface area contributed by atoms with Crippen LogP contribution in [0.2, 0.25) is 0 Å². The second kappa shape index (κ2) is 3.43. The Balaban J connectivity index is 1.94. The lowest BCUT2D eigenvalue weighted by molar-refractivity contribution is 0.265. The Morgan fingerprint density at radius 2 is 1.85 bits per heavy atom. The van der Waals surface area contributed by atoms with Crippen molar-refractivity contribution in [3.63, 3.8) is 0 Å². The van der Waals surface area contributed by atoms with Crippen LogP contribution in [0.15, 0.2) is 0 Å². The summed E-state index contributed by atoms with van der Waals surface area (Å²) in [6.45, 7) is 0. The van der Waals surface area contributed by atoms with E-state index in [0.29, 0.717) is 17.4 Å². The van der Waals surface area contributed by atoms with E-state index in [1.165, 1.54) is 19.3 Å². The molecule has 1 heterocycles. The van der Waals surface area contributed by atoms with E-state index in [0.717, 1.165) is 6.42 Å². The van der Waals surface area contributed by atoms with Crippen molar-refractivity contribution in [1.82, 2.24) is 0 Å². The Kier molecular flexibility index (Phi) is 2.58. The molecule has 2 rings (SSSR count). The zero-order chi connectivity index (χ0) is 9.47. The molecule has 0 N–H and O–H groups in total. The third kappa shape index (κ3) is 2.01. The van der Waals surface area contributed by atoms with E-state index in [9.17, 15) is 8.42 Å². The first-order chi connectivity index (χ1) is 6.08. The molecule has 2 fully saturated rings. The molecule has 1 saturated carbocycles. The van der Waals surface area contributed by atoms with E-state index >= 15 is 0 Å². The molecule has 1 saturated heterocycles. The van der Waals surface area contributed by atoms with Gasteiger partial charge in [-0.3, -0.25) is 0 Å². The Labute approximate surface area is 84.6 Å². The summed E-state index contributed by atoms with van der Waals surface area (Å²) in [7, 11) is -2.74.